The van der Waals surface area contributed by atoms with Crippen molar-refractivity contribution in [1.82, 2.24) is 4.98 Å². The molecule has 0 aliphatic carbocycles. The first-order chi connectivity index (χ1) is 6.65. The minimum atomic E-state index is 0.315. The average Bonchev–Trinajstić information content (AvgIpc) is 2.14. The van der Waals surface area contributed by atoms with E-state index in [1.165, 1.54) is 0 Å². The van der Waals surface area contributed by atoms with Crippen molar-refractivity contribution in [2.75, 3.05) is 5.75 Å². The summed E-state index contributed by atoms with van der Waals surface area (Å²) in [6.45, 7) is 2.14. The molecule has 1 nitrogen and oxygen atoms in total. The van der Waals surface area contributed by atoms with E-state index >= 15 is 0 Å². The van der Waals surface area contributed by atoms with E-state index in [1.54, 1.807) is 17.8 Å². The zero-order valence-electron chi connectivity index (χ0n) is 7.69. The van der Waals surface area contributed by atoms with Crippen molar-refractivity contribution in [2.45, 2.75) is 24.8 Å². The molecule has 1 aromatic rings. The van der Waals surface area contributed by atoms with E-state index in [4.69, 9.17) is 34.8 Å². The fourth-order valence-corrected chi connectivity index (χ4v) is 2.53. The maximum atomic E-state index is 5.95. The Hall–Kier alpha value is 0.370. The summed E-state index contributed by atoms with van der Waals surface area (Å²) in [5, 5.41) is 2.04. The number of pyridine rings is 1. The summed E-state index contributed by atoms with van der Waals surface area (Å²) in [6, 6.07) is 1.63. The van der Waals surface area contributed by atoms with E-state index in [0.717, 1.165) is 23.6 Å². The molecule has 1 heterocycles. The molecule has 5 heteroatoms. The Labute approximate surface area is 103 Å². The van der Waals surface area contributed by atoms with Gasteiger partial charge in [-0.3, -0.25) is 0 Å². The molecule has 0 atom stereocenters. The molecule has 0 unspecified atom stereocenters. The van der Waals surface area contributed by atoms with Crippen LogP contribution in [-0.4, -0.2) is 10.7 Å². The molecule has 0 fully saturated rings. The monoisotopic (exact) mass is 269 g/mol. The Kier molecular flexibility index (Phi) is 5.39. The van der Waals surface area contributed by atoms with E-state index in [0.29, 0.717) is 15.2 Å². The highest BCUT2D eigenvalue weighted by Crippen LogP contribution is 2.31. The normalized spacial score (nSPS) is 10.6. The molecular weight excluding hydrogens is 261 g/mol. The summed E-state index contributed by atoms with van der Waals surface area (Å²) < 4.78 is 0. The Balaban J connectivity index is 2.72. The van der Waals surface area contributed by atoms with Gasteiger partial charge in [-0.2, -0.15) is 0 Å². The maximum absolute atomic E-state index is 5.95. The van der Waals surface area contributed by atoms with Gasteiger partial charge in [-0.15, -0.1) is 11.8 Å². The van der Waals surface area contributed by atoms with Crippen molar-refractivity contribution in [2.24, 2.45) is 0 Å². The summed E-state index contributed by atoms with van der Waals surface area (Å²) in [5.74, 6) is 1.00. The van der Waals surface area contributed by atoms with Gasteiger partial charge in [-0.05, 0) is 18.2 Å². The molecular formula is C9H10Cl3NS. The Morgan fingerprint density at radius 3 is 2.64 bits per heavy atom. The van der Waals surface area contributed by atoms with Crippen LogP contribution in [0.3, 0.4) is 0 Å². The first-order valence-corrected chi connectivity index (χ1v) is 6.41. The SMILES string of the molecule is CCCCSc1nc(Cl)c(Cl)cc1Cl. The number of aromatic nitrogens is 1. The number of nitrogens with zero attached hydrogens (tertiary/aromatic N) is 1. The molecule has 0 aromatic carbocycles. The highest BCUT2D eigenvalue weighted by Gasteiger charge is 2.07. The van der Waals surface area contributed by atoms with Crippen molar-refractivity contribution in [3.8, 4) is 0 Å². The van der Waals surface area contributed by atoms with Crippen LogP contribution in [0.4, 0.5) is 0 Å². The summed E-state index contributed by atoms with van der Waals surface area (Å²) in [7, 11) is 0. The first-order valence-electron chi connectivity index (χ1n) is 4.29. The third-order valence-electron chi connectivity index (χ3n) is 1.59. The minimum absolute atomic E-state index is 0.315. The lowest BCUT2D eigenvalue weighted by Gasteiger charge is -2.04. The van der Waals surface area contributed by atoms with Crippen LogP contribution in [-0.2, 0) is 0 Å². The Bertz CT molecular complexity index is 317. The van der Waals surface area contributed by atoms with Gasteiger partial charge >= 0.3 is 0 Å². The van der Waals surface area contributed by atoms with Crippen LogP contribution in [0.15, 0.2) is 11.1 Å². The average molecular weight is 271 g/mol. The smallest absolute Gasteiger partial charge is 0.149 e. The van der Waals surface area contributed by atoms with Gasteiger partial charge in [-0.25, -0.2) is 4.98 Å². The molecule has 1 rings (SSSR count). The van der Waals surface area contributed by atoms with E-state index in [2.05, 4.69) is 11.9 Å². The predicted molar refractivity (Wildman–Crippen MR) is 64.9 cm³/mol. The molecule has 1 aromatic heterocycles. The zero-order chi connectivity index (χ0) is 10.6. The quantitative estimate of drug-likeness (QED) is 0.437. The second kappa shape index (κ2) is 6.06. The standard InChI is InChI=1S/C9H10Cl3NS/c1-2-3-4-14-9-7(11)5-6(10)8(12)13-9/h5H,2-4H2,1H3. The van der Waals surface area contributed by atoms with Gasteiger partial charge in [0.25, 0.3) is 0 Å². The van der Waals surface area contributed by atoms with Crippen LogP contribution < -0.4 is 0 Å². The zero-order valence-corrected chi connectivity index (χ0v) is 10.8. The number of hydrogen-bond donors (Lipinski definition) is 0. The molecule has 0 bridgehead atoms. The lowest BCUT2D eigenvalue weighted by molar-refractivity contribution is 0.894. The highest BCUT2D eigenvalue weighted by molar-refractivity contribution is 7.99. The minimum Gasteiger partial charge on any atom is -0.227 e. The van der Waals surface area contributed by atoms with Crippen molar-refractivity contribution in [1.29, 1.82) is 0 Å². The topological polar surface area (TPSA) is 12.9 Å². The number of rotatable bonds is 4. The number of thioether (sulfide) groups is 1. The largest absolute Gasteiger partial charge is 0.227 e. The van der Waals surface area contributed by atoms with Gasteiger partial charge in [0.15, 0.2) is 0 Å². The summed E-state index contributed by atoms with van der Waals surface area (Å²) in [5.41, 5.74) is 0. The molecule has 0 saturated carbocycles. The van der Waals surface area contributed by atoms with Crippen LogP contribution in [0, 0.1) is 0 Å². The van der Waals surface area contributed by atoms with Crippen LogP contribution in [0.2, 0.25) is 15.2 Å². The van der Waals surface area contributed by atoms with Crippen LogP contribution in [0.25, 0.3) is 0 Å². The Morgan fingerprint density at radius 2 is 2.00 bits per heavy atom. The second-order valence-electron chi connectivity index (χ2n) is 2.75. The molecule has 14 heavy (non-hydrogen) atoms. The molecule has 78 valence electrons. The molecule has 0 aliphatic rings. The predicted octanol–water partition coefficient (Wildman–Crippen LogP) is 4.93. The number of halogens is 3. The fourth-order valence-electron chi connectivity index (χ4n) is 0.843. The molecule has 0 saturated heterocycles. The highest BCUT2D eigenvalue weighted by atomic mass is 35.5. The number of unbranched alkanes of at least 4 members (excludes halogenated alkanes) is 1. The van der Waals surface area contributed by atoms with Crippen molar-refractivity contribution >= 4 is 46.6 Å². The van der Waals surface area contributed by atoms with Crippen molar-refractivity contribution in [3.63, 3.8) is 0 Å². The van der Waals surface area contributed by atoms with Crippen LogP contribution in [0.1, 0.15) is 19.8 Å². The van der Waals surface area contributed by atoms with Crippen LogP contribution in [0.5, 0.6) is 0 Å². The molecule has 0 radical (unpaired) electrons. The van der Waals surface area contributed by atoms with Gasteiger partial charge < -0.3 is 0 Å². The first kappa shape index (κ1) is 12.4. The lowest BCUT2D eigenvalue weighted by Crippen LogP contribution is -1.86. The van der Waals surface area contributed by atoms with E-state index in [1.807, 2.05) is 0 Å². The molecule has 0 spiro atoms. The van der Waals surface area contributed by atoms with Crippen molar-refractivity contribution < 1.29 is 0 Å². The summed E-state index contributed by atoms with van der Waals surface area (Å²) >= 11 is 19.1. The van der Waals surface area contributed by atoms with Gasteiger partial charge in [0.05, 0.1) is 10.0 Å². The van der Waals surface area contributed by atoms with Crippen LogP contribution >= 0.6 is 46.6 Å². The van der Waals surface area contributed by atoms with Gasteiger partial charge in [0, 0.05) is 0 Å². The van der Waals surface area contributed by atoms with Gasteiger partial charge in [0.2, 0.25) is 0 Å². The van der Waals surface area contributed by atoms with E-state index < -0.39 is 0 Å². The summed E-state index contributed by atoms with van der Waals surface area (Å²) in [6.07, 6.45) is 2.30. The summed E-state index contributed by atoms with van der Waals surface area (Å²) in [4.78, 5) is 4.11. The molecule has 0 N–H and O–H groups in total. The van der Waals surface area contributed by atoms with Gasteiger partial charge in [0.1, 0.15) is 10.2 Å². The lowest BCUT2D eigenvalue weighted by atomic mass is 10.4. The number of hydrogen-bond acceptors (Lipinski definition) is 2. The van der Waals surface area contributed by atoms with E-state index in [9.17, 15) is 0 Å². The van der Waals surface area contributed by atoms with Crippen molar-refractivity contribution in [3.05, 3.63) is 21.3 Å². The molecule has 0 amide bonds. The van der Waals surface area contributed by atoms with E-state index in [-0.39, 0.29) is 0 Å². The maximum Gasteiger partial charge on any atom is 0.149 e. The Morgan fingerprint density at radius 1 is 1.29 bits per heavy atom. The molecule has 0 aliphatic heterocycles. The third kappa shape index (κ3) is 3.50. The third-order valence-corrected chi connectivity index (χ3v) is 3.74. The van der Waals surface area contributed by atoms with Gasteiger partial charge in [-0.1, -0.05) is 48.1 Å². The fraction of sp³-hybridized carbons (Fsp3) is 0.444. The second-order valence-corrected chi connectivity index (χ2v) is 5.01.